The molecule has 0 amide bonds. The number of rotatable bonds is 3. The lowest BCUT2D eigenvalue weighted by atomic mass is 10.1. The van der Waals surface area contributed by atoms with E-state index >= 15 is 0 Å². The highest BCUT2D eigenvalue weighted by Gasteiger charge is 2.02. The molecule has 2 rings (SSSR count). The highest BCUT2D eigenvalue weighted by Crippen LogP contribution is 2.18. The first-order chi connectivity index (χ1) is 6.79. The van der Waals surface area contributed by atoms with Crippen molar-refractivity contribution < 1.29 is 4.42 Å². The predicted molar refractivity (Wildman–Crippen MR) is 58.0 cm³/mol. The molecule has 1 aromatic heterocycles. The average Bonchev–Trinajstić information content (AvgIpc) is 2.54. The van der Waals surface area contributed by atoms with Crippen molar-refractivity contribution in [2.75, 3.05) is 13.6 Å². The van der Waals surface area contributed by atoms with Crippen molar-refractivity contribution >= 4 is 21.6 Å². The van der Waals surface area contributed by atoms with Crippen LogP contribution in [0.5, 0.6) is 0 Å². The van der Waals surface area contributed by atoms with Crippen LogP contribution >= 0.6 is 11.3 Å². The standard InChI is InChI=1S/C10H11NO2S/c1-11-5-4-7-2-3-8-9(6-7)14-10(12)13-8/h2-3,6,11H,4-5H2,1H3. The molecule has 0 saturated carbocycles. The van der Waals surface area contributed by atoms with Gasteiger partial charge in [0.05, 0.1) is 4.70 Å². The Labute approximate surface area is 85.4 Å². The van der Waals surface area contributed by atoms with Crippen molar-refractivity contribution in [1.29, 1.82) is 0 Å². The van der Waals surface area contributed by atoms with Crippen LogP contribution in [-0.2, 0) is 6.42 Å². The zero-order chi connectivity index (χ0) is 9.97. The fourth-order valence-electron chi connectivity index (χ4n) is 1.34. The van der Waals surface area contributed by atoms with E-state index in [1.807, 2.05) is 25.2 Å². The lowest BCUT2D eigenvalue weighted by molar-refractivity contribution is 0.585. The summed E-state index contributed by atoms with van der Waals surface area (Å²) in [6.45, 7) is 0.943. The van der Waals surface area contributed by atoms with E-state index in [0.29, 0.717) is 5.58 Å². The van der Waals surface area contributed by atoms with Crippen molar-refractivity contribution in [1.82, 2.24) is 5.32 Å². The first-order valence-electron chi connectivity index (χ1n) is 4.47. The van der Waals surface area contributed by atoms with Gasteiger partial charge in [-0.1, -0.05) is 17.4 Å². The van der Waals surface area contributed by atoms with E-state index in [1.165, 1.54) is 5.56 Å². The lowest BCUT2D eigenvalue weighted by Crippen LogP contribution is -2.09. The molecule has 0 aliphatic rings. The van der Waals surface area contributed by atoms with Crippen molar-refractivity contribution in [2.24, 2.45) is 0 Å². The summed E-state index contributed by atoms with van der Waals surface area (Å²) in [5.41, 5.74) is 1.91. The van der Waals surface area contributed by atoms with Gasteiger partial charge in [-0.2, -0.15) is 0 Å². The van der Waals surface area contributed by atoms with E-state index in [-0.39, 0.29) is 4.94 Å². The molecule has 1 N–H and O–H groups in total. The molecule has 74 valence electrons. The normalized spacial score (nSPS) is 10.9. The minimum absolute atomic E-state index is 0.231. The quantitative estimate of drug-likeness (QED) is 0.835. The summed E-state index contributed by atoms with van der Waals surface area (Å²) in [5.74, 6) is 0. The number of nitrogens with one attached hydrogen (secondary N) is 1. The van der Waals surface area contributed by atoms with Crippen LogP contribution < -0.4 is 10.3 Å². The van der Waals surface area contributed by atoms with Gasteiger partial charge in [0.2, 0.25) is 0 Å². The van der Waals surface area contributed by atoms with Gasteiger partial charge in [0.15, 0.2) is 0 Å². The minimum Gasteiger partial charge on any atom is -0.414 e. The van der Waals surface area contributed by atoms with Gasteiger partial charge in [-0.15, -0.1) is 0 Å². The summed E-state index contributed by atoms with van der Waals surface area (Å²) in [6.07, 6.45) is 0.971. The molecule has 0 bridgehead atoms. The van der Waals surface area contributed by atoms with Crippen molar-refractivity contribution in [2.45, 2.75) is 6.42 Å². The Morgan fingerprint density at radius 3 is 3.14 bits per heavy atom. The number of likely N-dealkylation sites (N-methyl/N-ethyl adjacent to an activating group) is 1. The summed E-state index contributed by atoms with van der Waals surface area (Å²) in [5, 5.41) is 3.09. The third-order valence-corrected chi connectivity index (χ3v) is 2.85. The fourth-order valence-corrected chi connectivity index (χ4v) is 2.07. The maximum atomic E-state index is 11.0. The van der Waals surface area contributed by atoms with Gasteiger partial charge in [0.1, 0.15) is 5.58 Å². The first kappa shape index (κ1) is 9.43. The van der Waals surface area contributed by atoms with E-state index in [2.05, 4.69) is 5.32 Å². The molecule has 0 unspecified atom stereocenters. The van der Waals surface area contributed by atoms with Gasteiger partial charge < -0.3 is 9.73 Å². The molecule has 14 heavy (non-hydrogen) atoms. The van der Waals surface area contributed by atoms with E-state index in [4.69, 9.17) is 4.42 Å². The van der Waals surface area contributed by atoms with Crippen LogP contribution in [-0.4, -0.2) is 13.6 Å². The number of hydrogen-bond acceptors (Lipinski definition) is 4. The van der Waals surface area contributed by atoms with Crippen molar-refractivity contribution in [3.63, 3.8) is 0 Å². The maximum Gasteiger partial charge on any atom is 0.396 e. The number of hydrogen-bond donors (Lipinski definition) is 1. The Morgan fingerprint density at radius 2 is 2.36 bits per heavy atom. The monoisotopic (exact) mass is 209 g/mol. The largest absolute Gasteiger partial charge is 0.414 e. The maximum absolute atomic E-state index is 11.0. The van der Waals surface area contributed by atoms with E-state index in [9.17, 15) is 4.79 Å². The van der Waals surface area contributed by atoms with Crippen molar-refractivity contribution in [3.05, 3.63) is 33.5 Å². The molecule has 0 saturated heterocycles. The molecular formula is C10H11NO2S. The molecular weight excluding hydrogens is 198 g/mol. The lowest BCUT2D eigenvalue weighted by Gasteiger charge is -1.99. The molecule has 0 radical (unpaired) electrons. The van der Waals surface area contributed by atoms with E-state index in [0.717, 1.165) is 29.0 Å². The molecule has 0 spiro atoms. The van der Waals surface area contributed by atoms with E-state index < -0.39 is 0 Å². The second-order valence-electron chi connectivity index (χ2n) is 3.09. The fraction of sp³-hybridized carbons (Fsp3) is 0.300. The molecule has 1 heterocycles. The van der Waals surface area contributed by atoms with Crippen LogP contribution in [0, 0.1) is 0 Å². The molecule has 1 aromatic carbocycles. The second kappa shape index (κ2) is 3.94. The third-order valence-electron chi connectivity index (χ3n) is 2.06. The molecule has 2 aromatic rings. The summed E-state index contributed by atoms with van der Waals surface area (Å²) >= 11 is 1.16. The second-order valence-corrected chi connectivity index (χ2v) is 4.07. The Bertz CT molecular complexity index is 486. The number of fused-ring (bicyclic) bond motifs is 1. The minimum atomic E-state index is -0.231. The molecule has 0 aliphatic heterocycles. The van der Waals surface area contributed by atoms with Gasteiger partial charge in [-0.3, -0.25) is 0 Å². The predicted octanol–water partition coefficient (Wildman–Crippen LogP) is 1.62. The van der Waals surface area contributed by atoms with Gasteiger partial charge >= 0.3 is 4.94 Å². The smallest absolute Gasteiger partial charge is 0.396 e. The van der Waals surface area contributed by atoms with Crippen LogP contribution in [0.25, 0.3) is 10.3 Å². The highest BCUT2D eigenvalue weighted by molar-refractivity contribution is 7.16. The van der Waals surface area contributed by atoms with Crippen LogP contribution in [0.4, 0.5) is 0 Å². The average molecular weight is 209 g/mol. The van der Waals surface area contributed by atoms with Gasteiger partial charge in [0.25, 0.3) is 0 Å². The zero-order valence-corrected chi connectivity index (χ0v) is 8.69. The topological polar surface area (TPSA) is 42.2 Å². The number of benzene rings is 1. The molecule has 4 heteroatoms. The Kier molecular flexibility index (Phi) is 2.65. The summed E-state index contributed by atoms with van der Waals surface area (Å²) in [6, 6.07) is 5.87. The molecule has 0 aliphatic carbocycles. The molecule has 0 fully saturated rings. The van der Waals surface area contributed by atoms with Crippen molar-refractivity contribution in [3.8, 4) is 0 Å². The molecule has 3 nitrogen and oxygen atoms in total. The Balaban J connectivity index is 2.35. The third kappa shape index (κ3) is 1.86. The van der Waals surface area contributed by atoms with Gasteiger partial charge in [-0.05, 0) is 37.7 Å². The summed E-state index contributed by atoms with van der Waals surface area (Å²) in [7, 11) is 1.93. The molecule has 0 atom stereocenters. The van der Waals surface area contributed by atoms with Crippen LogP contribution in [0.1, 0.15) is 5.56 Å². The van der Waals surface area contributed by atoms with E-state index in [1.54, 1.807) is 0 Å². The zero-order valence-electron chi connectivity index (χ0n) is 7.87. The van der Waals surface area contributed by atoms with Gasteiger partial charge in [0, 0.05) is 0 Å². The Hall–Kier alpha value is -1.13. The van der Waals surface area contributed by atoms with Crippen LogP contribution in [0.15, 0.2) is 27.4 Å². The summed E-state index contributed by atoms with van der Waals surface area (Å²) < 4.78 is 5.91. The van der Waals surface area contributed by atoms with Crippen LogP contribution in [0.3, 0.4) is 0 Å². The van der Waals surface area contributed by atoms with Crippen LogP contribution in [0.2, 0.25) is 0 Å². The van der Waals surface area contributed by atoms with Gasteiger partial charge in [-0.25, -0.2) is 4.79 Å². The first-order valence-corrected chi connectivity index (χ1v) is 5.28. The highest BCUT2D eigenvalue weighted by atomic mass is 32.1. The SMILES string of the molecule is CNCCc1ccc2oc(=O)sc2c1. The Morgan fingerprint density at radius 1 is 1.50 bits per heavy atom. The summed E-state index contributed by atoms with van der Waals surface area (Å²) in [4.78, 5) is 10.7.